The second kappa shape index (κ2) is 9.12. The Morgan fingerprint density at radius 1 is 1.28 bits per heavy atom. The highest BCUT2D eigenvalue weighted by Crippen LogP contribution is 2.33. The van der Waals surface area contributed by atoms with Crippen molar-refractivity contribution in [3.8, 4) is 11.8 Å². The summed E-state index contributed by atoms with van der Waals surface area (Å²) in [4.78, 5) is 12.3. The van der Waals surface area contributed by atoms with E-state index < -0.39 is 5.91 Å². The fourth-order valence-electron chi connectivity index (χ4n) is 2.16. The Kier molecular flexibility index (Phi) is 6.88. The monoisotopic (exact) mass is 374 g/mol. The Hall–Kier alpha value is -2.48. The third-order valence-electron chi connectivity index (χ3n) is 3.29. The first kappa shape index (κ1) is 18.9. The van der Waals surface area contributed by atoms with E-state index in [-0.39, 0.29) is 5.57 Å². The number of benzene rings is 2. The first-order valence-corrected chi connectivity index (χ1v) is 8.36. The molecule has 2 aromatic carbocycles. The molecule has 1 amide bonds. The number of nitrogens with one attached hydrogen (secondary N) is 1. The molecule has 0 atom stereocenters. The molecule has 0 saturated carbocycles. The molecule has 0 fully saturated rings. The van der Waals surface area contributed by atoms with E-state index in [0.29, 0.717) is 34.5 Å². The van der Waals surface area contributed by atoms with Crippen LogP contribution in [0.25, 0.3) is 6.08 Å². The minimum Gasteiger partial charge on any atom is -0.492 e. The molecular weight excluding hydrogens is 359 g/mol. The lowest BCUT2D eigenvalue weighted by Crippen LogP contribution is -2.23. The summed E-state index contributed by atoms with van der Waals surface area (Å²) in [6.07, 6.45) is 1.42. The number of rotatable bonds is 6. The molecule has 0 aliphatic carbocycles. The van der Waals surface area contributed by atoms with Crippen LogP contribution in [-0.4, -0.2) is 12.5 Å². The summed E-state index contributed by atoms with van der Waals surface area (Å²) in [5, 5.41) is 12.8. The van der Waals surface area contributed by atoms with E-state index >= 15 is 0 Å². The van der Waals surface area contributed by atoms with Crippen molar-refractivity contribution >= 4 is 35.2 Å². The van der Waals surface area contributed by atoms with Crippen molar-refractivity contribution in [2.45, 2.75) is 13.5 Å². The largest absolute Gasteiger partial charge is 0.492 e. The van der Waals surface area contributed by atoms with Crippen LogP contribution in [0, 0.1) is 11.3 Å². The minimum absolute atomic E-state index is 0.0600. The first-order chi connectivity index (χ1) is 12.0. The van der Waals surface area contributed by atoms with Crippen LogP contribution in [0.15, 0.2) is 48.0 Å². The van der Waals surface area contributed by atoms with Crippen molar-refractivity contribution < 1.29 is 9.53 Å². The van der Waals surface area contributed by atoms with Gasteiger partial charge in [0, 0.05) is 17.1 Å². The zero-order valence-electron chi connectivity index (χ0n) is 13.6. The maximum Gasteiger partial charge on any atom is 0.262 e. The van der Waals surface area contributed by atoms with Gasteiger partial charge in [0.15, 0.2) is 0 Å². The highest BCUT2D eigenvalue weighted by atomic mass is 35.5. The fraction of sp³-hybridized carbons (Fsp3) is 0.158. The second-order valence-corrected chi connectivity index (χ2v) is 5.92. The summed E-state index contributed by atoms with van der Waals surface area (Å²) in [6, 6.07) is 14.5. The summed E-state index contributed by atoms with van der Waals surface area (Å²) in [5.74, 6) is -0.0953. The molecule has 0 aliphatic rings. The summed E-state index contributed by atoms with van der Waals surface area (Å²) < 4.78 is 5.50. The molecule has 0 heterocycles. The molecule has 0 aromatic heterocycles. The molecule has 0 unspecified atom stereocenters. The highest BCUT2D eigenvalue weighted by Gasteiger charge is 2.13. The average Bonchev–Trinajstić information content (AvgIpc) is 2.61. The van der Waals surface area contributed by atoms with Gasteiger partial charge in [-0.25, -0.2) is 0 Å². The van der Waals surface area contributed by atoms with Gasteiger partial charge in [0.2, 0.25) is 0 Å². The van der Waals surface area contributed by atoms with Crippen LogP contribution in [0.4, 0.5) is 0 Å². The summed E-state index contributed by atoms with van der Waals surface area (Å²) >= 11 is 12.2. The van der Waals surface area contributed by atoms with Crippen molar-refractivity contribution in [2.75, 3.05) is 6.61 Å². The molecule has 128 valence electrons. The van der Waals surface area contributed by atoms with E-state index in [2.05, 4.69) is 5.32 Å². The van der Waals surface area contributed by atoms with E-state index in [0.717, 1.165) is 5.56 Å². The number of ether oxygens (including phenoxy) is 1. The summed E-state index contributed by atoms with van der Waals surface area (Å²) in [5.41, 5.74) is 1.36. The lowest BCUT2D eigenvalue weighted by atomic mass is 10.1. The van der Waals surface area contributed by atoms with E-state index in [4.69, 9.17) is 27.9 Å². The maximum atomic E-state index is 12.3. The maximum absolute atomic E-state index is 12.3. The lowest BCUT2D eigenvalue weighted by molar-refractivity contribution is -0.117. The lowest BCUT2D eigenvalue weighted by Gasteiger charge is -2.11. The van der Waals surface area contributed by atoms with Crippen molar-refractivity contribution in [1.29, 1.82) is 5.26 Å². The quantitative estimate of drug-likeness (QED) is 0.592. The molecule has 25 heavy (non-hydrogen) atoms. The topological polar surface area (TPSA) is 62.1 Å². The number of hydrogen-bond donors (Lipinski definition) is 1. The molecule has 6 heteroatoms. The minimum atomic E-state index is -0.482. The van der Waals surface area contributed by atoms with Gasteiger partial charge in [0.05, 0.1) is 11.6 Å². The van der Waals surface area contributed by atoms with Gasteiger partial charge in [-0.2, -0.15) is 5.26 Å². The number of carbonyl (C=O) groups excluding carboxylic acids is 1. The molecule has 1 N–H and O–H groups in total. The molecular formula is C19H16Cl2N2O2. The molecule has 2 aromatic rings. The summed E-state index contributed by atoms with van der Waals surface area (Å²) in [7, 11) is 0. The van der Waals surface area contributed by atoms with Gasteiger partial charge in [-0.1, -0.05) is 53.5 Å². The van der Waals surface area contributed by atoms with Gasteiger partial charge < -0.3 is 10.1 Å². The van der Waals surface area contributed by atoms with Gasteiger partial charge in [-0.15, -0.1) is 0 Å². The number of carbonyl (C=O) groups is 1. The second-order valence-electron chi connectivity index (χ2n) is 5.08. The van der Waals surface area contributed by atoms with Crippen molar-refractivity contribution in [2.24, 2.45) is 0 Å². The van der Waals surface area contributed by atoms with Crippen LogP contribution in [0.5, 0.6) is 5.75 Å². The molecule has 0 aliphatic heterocycles. The molecule has 4 nitrogen and oxygen atoms in total. The molecule has 2 rings (SSSR count). The van der Waals surface area contributed by atoms with Gasteiger partial charge >= 0.3 is 0 Å². The van der Waals surface area contributed by atoms with Crippen molar-refractivity contribution in [3.63, 3.8) is 0 Å². The van der Waals surface area contributed by atoms with Crippen LogP contribution >= 0.6 is 23.2 Å². The van der Waals surface area contributed by atoms with Crippen LogP contribution in [0.1, 0.15) is 18.1 Å². The van der Waals surface area contributed by atoms with Gasteiger partial charge in [-0.05, 0) is 30.7 Å². The zero-order chi connectivity index (χ0) is 18.2. The Labute approximate surface area is 156 Å². The van der Waals surface area contributed by atoms with Gasteiger partial charge in [-0.3, -0.25) is 4.79 Å². The standard InChI is InChI=1S/C19H16Cl2N2O2/c1-2-25-18-14(9-16(20)10-17(18)21)8-15(11-22)19(24)23-12-13-6-4-3-5-7-13/h3-10H,2,12H2,1H3,(H,23,24)/b15-8+. The molecule has 0 spiro atoms. The van der Waals surface area contributed by atoms with Crippen molar-refractivity contribution in [1.82, 2.24) is 5.32 Å². The van der Waals surface area contributed by atoms with Crippen LogP contribution in [0.2, 0.25) is 10.0 Å². The first-order valence-electron chi connectivity index (χ1n) is 7.61. The average molecular weight is 375 g/mol. The Balaban J connectivity index is 2.25. The predicted molar refractivity (Wildman–Crippen MR) is 99.5 cm³/mol. The number of nitriles is 1. The number of halogens is 2. The predicted octanol–water partition coefficient (Wildman–Crippen LogP) is 4.62. The van der Waals surface area contributed by atoms with Crippen LogP contribution in [-0.2, 0) is 11.3 Å². The van der Waals surface area contributed by atoms with Crippen LogP contribution in [0.3, 0.4) is 0 Å². The fourth-order valence-corrected chi connectivity index (χ4v) is 2.73. The number of amides is 1. The Morgan fingerprint density at radius 3 is 2.64 bits per heavy atom. The van der Waals surface area contributed by atoms with Gasteiger partial charge in [0.25, 0.3) is 5.91 Å². The normalized spacial score (nSPS) is 10.9. The van der Waals surface area contributed by atoms with E-state index in [1.54, 1.807) is 12.1 Å². The molecule has 0 radical (unpaired) electrons. The highest BCUT2D eigenvalue weighted by molar-refractivity contribution is 6.36. The summed E-state index contributed by atoms with van der Waals surface area (Å²) in [6.45, 7) is 2.54. The number of nitrogens with zero attached hydrogens (tertiary/aromatic N) is 1. The Bertz CT molecular complexity index is 827. The molecule has 0 bridgehead atoms. The van der Waals surface area contributed by atoms with E-state index in [1.165, 1.54) is 6.08 Å². The van der Waals surface area contributed by atoms with Gasteiger partial charge in [0.1, 0.15) is 17.4 Å². The van der Waals surface area contributed by atoms with Crippen molar-refractivity contribution in [3.05, 3.63) is 69.2 Å². The smallest absolute Gasteiger partial charge is 0.262 e. The van der Waals surface area contributed by atoms with E-state index in [1.807, 2.05) is 43.3 Å². The number of hydrogen-bond acceptors (Lipinski definition) is 3. The Morgan fingerprint density at radius 2 is 2.00 bits per heavy atom. The third kappa shape index (κ3) is 5.25. The SMILES string of the molecule is CCOc1c(Cl)cc(Cl)cc1/C=C(\C#N)C(=O)NCc1ccccc1. The van der Waals surface area contributed by atoms with E-state index in [9.17, 15) is 10.1 Å². The zero-order valence-corrected chi connectivity index (χ0v) is 15.1. The third-order valence-corrected chi connectivity index (χ3v) is 3.79. The molecule has 0 saturated heterocycles. The van der Waals surface area contributed by atoms with Crippen LogP contribution < -0.4 is 10.1 Å².